The van der Waals surface area contributed by atoms with Gasteiger partial charge < -0.3 is 19.2 Å². The van der Waals surface area contributed by atoms with Crippen molar-refractivity contribution in [2.24, 2.45) is 11.8 Å². The Balaban J connectivity index is 1.81. The van der Waals surface area contributed by atoms with Gasteiger partial charge in [0.15, 0.2) is 0 Å². The molecule has 3 unspecified atom stereocenters. The van der Waals surface area contributed by atoms with Crippen LogP contribution in [0.1, 0.15) is 37.6 Å². The van der Waals surface area contributed by atoms with Gasteiger partial charge in [0.05, 0.1) is 12.0 Å². The molecular formula is C27H26F3NO5. The van der Waals surface area contributed by atoms with E-state index >= 15 is 0 Å². The zero-order chi connectivity index (χ0) is 26.2. The standard InChI is InChI=1S/C27H26F3NO5/c1-15(2)14-20(32)23-24(19-6-4-5-7-22(19)36-27(28,29)30)31(26(34)25(23)33)18-11-9-17(10-12-18)21-13-8-16(3)35-21/h4-13,15,23-25,33H,14H2,1-3H3. The van der Waals surface area contributed by atoms with Crippen LogP contribution in [0.2, 0.25) is 0 Å². The van der Waals surface area contributed by atoms with Crippen LogP contribution in [0.3, 0.4) is 0 Å². The van der Waals surface area contributed by atoms with Crippen molar-refractivity contribution in [1.29, 1.82) is 0 Å². The number of hydrogen-bond donors (Lipinski definition) is 1. The van der Waals surface area contributed by atoms with Crippen molar-refractivity contribution in [2.45, 2.75) is 45.7 Å². The first-order chi connectivity index (χ1) is 17.0. The lowest BCUT2D eigenvalue weighted by Gasteiger charge is -2.30. The zero-order valence-corrected chi connectivity index (χ0v) is 20.0. The van der Waals surface area contributed by atoms with Gasteiger partial charge in [-0.25, -0.2) is 0 Å². The van der Waals surface area contributed by atoms with Crippen molar-refractivity contribution in [3.05, 3.63) is 72.0 Å². The number of amides is 1. The second-order valence-corrected chi connectivity index (χ2v) is 9.23. The number of benzene rings is 2. The van der Waals surface area contributed by atoms with Crippen molar-refractivity contribution in [2.75, 3.05) is 4.90 Å². The largest absolute Gasteiger partial charge is 0.573 e. The van der Waals surface area contributed by atoms with Crippen LogP contribution in [0.15, 0.2) is 65.1 Å². The van der Waals surface area contributed by atoms with Gasteiger partial charge in [0.1, 0.15) is 29.2 Å². The van der Waals surface area contributed by atoms with Crippen LogP contribution < -0.4 is 9.64 Å². The highest BCUT2D eigenvalue weighted by Gasteiger charge is 2.53. The summed E-state index contributed by atoms with van der Waals surface area (Å²) in [6, 6.07) is 14.4. The minimum Gasteiger partial charge on any atom is -0.461 e. The number of aliphatic hydroxyl groups is 1. The number of aryl methyl sites for hydroxylation is 1. The molecule has 36 heavy (non-hydrogen) atoms. The predicted octanol–water partition coefficient (Wildman–Crippen LogP) is 5.83. The fourth-order valence-corrected chi connectivity index (χ4v) is 4.60. The highest BCUT2D eigenvalue weighted by atomic mass is 19.4. The quantitative estimate of drug-likeness (QED) is 0.440. The highest BCUT2D eigenvalue weighted by Crippen LogP contribution is 2.46. The third kappa shape index (κ3) is 5.16. The summed E-state index contributed by atoms with van der Waals surface area (Å²) in [6.07, 6.45) is -6.64. The normalized spacial score (nSPS) is 20.3. The maximum Gasteiger partial charge on any atom is 0.573 e. The lowest BCUT2D eigenvalue weighted by atomic mass is 9.85. The molecule has 0 aliphatic carbocycles. The van der Waals surface area contributed by atoms with Gasteiger partial charge >= 0.3 is 6.36 Å². The smallest absolute Gasteiger partial charge is 0.461 e. The molecule has 0 bridgehead atoms. The van der Waals surface area contributed by atoms with Crippen molar-refractivity contribution < 1.29 is 37.0 Å². The molecule has 1 saturated heterocycles. The number of hydrogen-bond acceptors (Lipinski definition) is 5. The number of Topliss-reactive ketones (excluding diaryl/α,β-unsaturated/α-hetero) is 1. The molecule has 1 aliphatic heterocycles. The van der Waals surface area contributed by atoms with Crippen molar-refractivity contribution >= 4 is 17.4 Å². The summed E-state index contributed by atoms with van der Waals surface area (Å²) in [5.74, 6) is -1.74. The number of nitrogens with zero attached hydrogens (tertiary/aromatic N) is 1. The molecule has 1 aliphatic rings. The second-order valence-electron chi connectivity index (χ2n) is 9.23. The maximum absolute atomic E-state index is 13.3. The number of alkyl halides is 3. The fourth-order valence-electron chi connectivity index (χ4n) is 4.60. The van der Waals surface area contributed by atoms with Crippen LogP contribution in [0, 0.1) is 18.8 Å². The van der Waals surface area contributed by atoms with E-state index in [1.807, 2.05) is 26.8 Å². The first-order valence-electron chi connectivity index (χ1n) is 11.5. The Bertz CT molecular complexity index is 1250. The number of aliphatic hydroxyl groups excluding tert-OH is 1. The molecule has 9 heteroatoms. The third-order valence-corrected chi connectivity index (χ3v) is 6.06. The van der Waals surface area contributed by atoms with Gasteiger partial charge in [0.2, 0.25) is 0 Å². The van der Waals surface area contributed by atoms with Gasteiger partial charge in [-0.05, 0) is 55.3 Å². The van der Waals surface area contributed by atoms with E-state index in [0.717, 1.165) is 17.4 Å². The minimum atomic E-state index is -4.98. The average molecular weight is 502 g/mol. The molecule has 190 valence electrons. The average Bonchev–Trinajstić information content (AvgIpc) is 3.34. The molecule has 0 spiro atoms. The third-order valence-electron chi connectivity index (χ3n) is 6.06. The van der Waals surface area contributed by atoms with Crippen LogP contribution >= 0.6 is 0 Å². The van der Waals surface area contributed by atoms with E-state index in [2.05, 4.69) is 4.74 Å². The molecule has 4 rings (SSSR count). The maximum atomic E-state index is 13.3. The summed E-state index contributed by atoms with van der Waals surface area (Å²) in [7, 11) is 0. The Morgan fingerprint density at radius 1 is 1.08 bits per heavy atom. The number of ether oxygens (including phenoxy) is 1. The van der Waals surface area contributed by atoms with E-state index in [0.29, 0.717) is 11.4 Å². The molecule has 2 aromatic carbocycles. The van der Waals surface area contributed by atoms with Crippen LogP contribution in [0.4, 0.5) is 18.9 Å². The lowest BCUT2D eigenvalue weighted by Crippen LogP contribution is -2.31. The molecule has 6 nitrogen and oxygen atoms in total. The van der Waals surface area contributed by atoms with E-state index in [1.54, 1.807) is 30.3 Å². The Morgan fingerprint density at radius 3 is 2.33 bits per heavy atom. The molecule has 0 saturated carbocycles. The van der Waals surface area contributed by atoms with Gasteiger partial charge in [0.25, 0.3) is 5.91 Å². The molecular weight excluding hydrogens is 475 g/mol. The van der Waals surface area contributed by atoms with Gasteiger partial charge in [-0.3, -0.25) is 9.59 Å². The van der Waals surface area contributed by atoms with E-state index in [-0.39, 0.29) is 17.9 Å². The number of anilines is 1. The lowest BCUT2D eigenvalue weighted by molar-refractivity contribution is -0.275. The van der Waals surface area contributed by atoms with E-state index in [1.165, 1.54) is 23.1 Å². The topological polar surface area (TPSA) is 80.0 Å². The molecule has 3 aromatic rings. The molecule has 3 atom stereocenters. The first kappa shape index (κ1) is 25.5. The molecule has 1 aromatic heterocycles. The molecule has 2 heterocycles. The van der Waals surface area contributed by atoms with Crippen LogP contribution in [-0.4, -0.2) is 29.3 Å². The monoisotopic (exact) mass is 501 g/mol. The number of carbonyl (C=O) groups excluding carboxylic acids is 2. The molecule has 1 fully saturated rings. The minimum absolute atomic E-state index is 0.0208. The molecule has 1 amide bonds. The zero-order valence-electron chi connectivity index (χ0n) is 20.0. The summed E-state index contributed by atoms with van der Waals surface area (Å²) in [5.41, 5.74) is 1.02. The summed E-state index contributed by atoms with van der Waals surface area (Å²) < 4.78 is 49.4. The number of halogens is 3. The van der Waals surface area contributed by atoms with E-state index in [4.69, 9.17) is 4.42 Å². The van der Waals surface area contributed by atoms with Crippen LogP contribution in [0.25, 0.3) is 11.3 Å². The summed E-state index contributed by atoms with van der Waals surface area (Å²) >= 11 is 0. The van der Waals surface area contributed by atoms with Gasteiger partial charge in [-0.15, -0.1) is 13.2 Å². The van der Waals surface area contributed by atoms with Crippen molar-refractivity contribution in [3.8, 4) is 17.1 Å². The van der Waals surface area contributed by atoms with Gasteiger partial charge in [-0.2, -0.15) is 0 Å². The summed E-state index contributed by atoms with van der Waals surface area (Å²) in [5, 5.41) is 10.9. The first-order valence-corrected chi connectivity index (χ1v) is 11.5. The Kier molecular flexibility index (Phi) is 6.95. The Labute approximate surface area is 206 Å². The van der Waals surface area contributed by atoms with Crippen LogP contribution in [-0.2, 0) is 9.59 Å². The fraction of sp³-hybridized carbons (Fsp3) is 0.333. The number of carbonyl (C=O) groups is 2. The number of furan rings is 1. The van der Waals surface area contributed by atoms with Gasteiger partial charge in [0, 0.05) is 23.2 Å². The van der Waals surface area contributed by atoms with Crippen LogP contribution in [0.5, 0.6) is 5.75 Å². The Morgan fingerprint density at radius 2 is 1.75 bits per heavy atom. The number of ketones is 1. The predicted molar refractivity (Wildman–Crippen MR) is 126 cm³/mol. The number of para-hydroxylation sites is 1. The van der Waals surface area contributed by atoms with E-state index in [9.17, 15) is 27.9 Å². The molecule has 0 radical (unpaired) electrons. The highest BCUT2D eigenvalue weighted by molar-refractivity contribution is 6.05. The second kappa shape index (κ2) is 9.81. The SMILES string of the molecule is Cc1ccc(-c2ccc(N3C(=O)C(O)C(C(=O)CC(C)C)C3c3ccccc3OC(F)(F)F)cc2)o1. The van der Waals surface area contributed by atoms with E-state index < -0.39 is 41.9 Å². The van der Waals surface area contributed by atoms with Crippen molar-refractivity contribution in [1.82, 2.24) is 0 Å². The summed E-state index contributed by atoms with van der Waals surface area (Å²) in [4.78, 5) is 27.7. The van der Waals surface area contributed by atoms with Crippen molar-refractivity contribution in [3.63, 3.8) is 0 Å². The number of rotatable bonds is 7. The molecule has 1 N–H and O–H groups in total. The Hall–Kier alpha value is -3.59. The van der Waals surface area contributed by atoms with Gasteiger partial charge in [-0.1, -0.05) is 32.0 Å². The summed E-state index contributed by atoms with van der Waals surface area (Å²) in [6.45, 7) is 5.43.